The third kappa shape index (κ3) is 4.19. The number of aryl methyl sites for hydroxylation is 1. The third-order valence-electron chi connectivity index (χ3n) is 3.32. The van der Waals surface area contributed by atoms with Gasteiger partial charge in [0.1, 0.15) is 18.7 Å². The van der Waals surface area contributed by atoms with E-state index in [4.69, 9.17) is 16.3 Å². The summed E-state index contributed by atoms with van der Waals surface area (Å²) >= 11 is 6.29. The molecule has 1 unspecified atom stereocenters. The minimum Gasteiger partial charge on any atom is -0.484 e. The molecule has 5 nitrogen and oxygen atoms in total. The highest BCUT2D eigenvalue weighted by Crippen LogP contribution is 2.28. The Morgan fingerprint density at radius 3 is 2.86 bits per heavy atom. The van der Waals surface area contributed by atoms with Crippen molar-refractivity contribution in [3.05, 3.63) is 40.9 Å². The van der Waals surface area contributed by atoms with Crippen LogP contribution in [-0.2, 0) is 13.7 Å². The van der Waals surface area contributed by atoms with Crippen molar-refractivity contribution in [2.24, 2.45) is 7.05 Å². The van der Waals surface area contributed by atoms with E-state index in [1.807, 2.05) is 29.8 Å². The molecule has 0 aliphatic rings. The van der Waals surface area contributed by atoms with Crippen LogP contribution in [0.5, 0.6) is 5.75 Å². The van der Waals surface area contributed by atoms with Crippen molar-refractivity contribution in [3.8, 4) is 5.75 Å². The Hall–Kier alpha value is -1.59. The van der Waals surface area contributed by atoms with Crippen LogP contribution in [-0.4, -0.2) is 21.3 Å². The van der Waals surface area contributed by atoms with E-state index in [9.17, 15) is 0 Å². The molecule has 1 aromatic heterocycles. The zero-order valence-corrected chi connectivity index (χ0v) is 13.4. The minimum absolute atomic E-state index is 0.273. The Morgan fingerprint density at radius 2 is 2.24 bits per heavy atom. The van der Waals surface area contributed by atoms with Crippen molar-refractivity contribution < 1.29 is 4.74 Å². The normalized spacial score (nSPS) is 12.4. The molecule has 1 N–H and O–H groups in total. The van der Waals surface area contributed by atoms with Gasteiger partial charge in [0.2, 0.25) is 0 Å². The lowest BCUT2D eigenvalue weighted by Gasteiger charge is -2.15. The summed E-state index contributed by atoms with van der Waals surface area (Å²) in [5.41, 5.74) is 1.15. The van der Waals surface area contributed by atoms with Crippen LogP contribution in [0.4, 0.5) is 0 Å². The second-order valence-corrected chi connectivity index (χ2v) is 5.42. The number of halogens is 1. The Morgan fingerprint density at radius 1 is 1.43 bits per heavy atom. The molecule has 0 amide bonds. The maximum Gasteiger partial charge on any atom is 0.170 e. The summed E-state index contributed by atoms with van der Waals surface area (Å²) < 4.78 is 7.52. The van der Waals surface area contributed by atoms with Crippen LogP contribution in [0, 0.1) is 0 Å². The highest BCUT2D eigenvalue weighted by atomic mass is 35.5. The van der Waals surface area contributed by atoms with Gasteiger partial charge < -0.3 is 14.6 Å². The Balaban J connectivity index is 2.00. The average Bonchev–Trinajstić information content (AvgIpc) is 2.88. The molecule has 0 spiro atoms. The Kier molecular flexibility index (Phi) is 5.59. The Labute approximate surface area is 130 Å². The quantitative estimate of drug-likeness (QED) is 0.854. The minimum atomic E-state index is 0.273. The predicted molar refractivity (Wildman–Crippen MR) is 83.5 cm³/mol. The summed E-state index contributed by atoms with van der Waals surface area (Å²) in [5.74, 6) is 1.42. The second kappa shape index (κ2) is 7.43. The molecule has 6 heteroatoms. The molecular formula is C15H21ClN4O. The SMILES string of the molecule is CCCNC(C)c1ccc(OCc2nncn2C)c(Cl)c1. The van der Waals surface area contributed by atoms with E-state index < -0.39 is 0 Å². The molecule has 0 radical (unpaired) electrons. The number of nitrogens with one attached hydrogen (secondary N) is 1. The first-order valence-corrected chi connectivity index (χ1v) is 7.48. The van der Waals surface area contributed by atoms with Crippen LogP contribution >= 0.6 is 11.6 Å². The smallest absolute Gasteiger partial charge is 0.170 e. The molecule has 0 saturated carbocycles. The first kappa shape index (κ1) is 15.8. The van der Waals surface area contributed by atoms with Gasteiger partial charge in [0.15, 0.2) is 5.82 Å². The predicted octanol–water partition coefficient (Wildman–Crippen LogP) is 3.11. The maximum atomic E-state index is 6.29. The van der Waals surface area contributed by atoms with Gasteiger partial charge in [-0.05, 0) is 37.6 Å². The molecule has 0 bridgehead atoms. The molecular weight excluding hydrogens is 288 g/mol. The van der Waals surface area contributed by atoms with Crippen molar-refractivity contribution >= 4 is 11.6 Å². The molecule has 0 aliphatic carbocycles. The first-order chi connectivity index (χ1) is 10.1. The van der Waals surface area contributed by atoms with Gasteiger partial charge in [0.05, 0.1) is 5.02 Å². The maximum absolute atomic E-state index is 6.29. The summed E-state index contributed by atoms with van der Waals surface area (Å²) in [6.07, 6.45) is 2.75. The number of ether oxygens (including phenoxy) is 1. The molecule has 0 saturated heterocycles. The van der Waals surface area contributed by atoms with Gasteiger partial charge in [-0.15, -0.1) is 10.2 Å². The first-order valence-electron chi connectivity index (χ1n) is 7.10. The highest BCUT2D eigenvalue weighted by molar-refractivity contribution is 6.32. The summed E-state index contributed by atoms with van der Waals surface area (Å²) in [6.45, 7) is 5.61. The molecule has 21 heavy (non-hydrogen) atoms. The molecule has 0 aliphatic heterocycles. The fraction of sp³-hybridized carbons (Fsp3) is 0.467. The van der Waals surface area contributed by atoms with Crippen LogP contribution in [0.3, 0.4) is 0 Å². The fourth-order valence-electron chi connectivity index (χ4n) is 1.96. The number of nitrogens with zero attached hydrogens (tertiary/aromatic N) is 3. The van der Waals surface area contributed by atoms with Crippen LogP contribution in [0.2, 0.25) is 5.02 Å². The van der Waals surface area contributed by atoms with E-state index >= 15 is 0 Å². The molecule has 0 fully saturated rings. The van der Waals surface area contributed by atoms with E-state index in [1.165, 1.54) is 0 Å². The molecule has 2 aromatic rings. The van der Waals surface area contributed by atoms with Gasteiger partial charge in [-0.1, -0.05) is 24.6 Å². The standard InChI is InChI=1S/C15H21ClN4O/c1-4-7-17-11(2)12-5-6-14(13(16)8-12)21-9-15-19-18-10-20(15)3/h5-6,8,10-11,17H,4,7,9H2,1-3H3. The van der Waals surface area contributed by atoms with Gasteiger partial charge in [-0.3, -0.25) is 0 Å². The van der Waals surface area contributed by atoms with Crippen molar-refractivity contribution in [1.29, 1.82) is 0 Å². The molecule has 114 valence electrons. The molecule has 1 atom stereocenters. The lowest BCUT2D eigenvalue weighted by molar-refractivity contribution is 0.291. The fourth-order valence-corrected chi connectivity index (χ4v) is 2.21. The molecule has 1 aromatic carbocycles. The van der Waals surface area contributed by atoms with Gasteiger partial charge in [0.25, 0.3) is 0 Å². The summed E-state index contributed by atoms with van der Waals surface area (Å²) in [7, 11) is 1.88. The van der Waals surface area contributed by atoms with Crippen LogP contribution < -0.4 is 10.1 Å². The lowest BCUT2D eigenvalue weighted by Crippen LogP contribution is -2.19. The number of hydrogen-bond donors (Lipinski definition) is 1. The van der Waals surface area contributed by atoms with E-state index in [0.717, 1.165) is 24.4 Å². The summed E-state index contributed by atoms with van der Waals surface area (Å²) in [5, 5.41) is 11.8. The lowest BCUT2D eigenvalue weighted by atomic mass is 10.1. The number of aromatic nitrogens is 3. The van der Waals surface area contributed by atoms with Crippen LogP contribution in [0.15, 0.2) is 24.5 Å². The van der Waals surface area contributed by atoms with Crippen molar-refractivity contribution in [2.45, 2.75) is 32.9 Å². The topological polar surface area (TPSA) is 52.0 Å². The van der Waals surface area contributed by atoms with Gasteiger partial charge in [-0.25, -0.2) is 0 Å². The van der Waals surface area contributed by atoms with E-state index in [1.54, 1.807) is 6.33 Å². The van der Waals surface area contributed by atoms with E-state index in [-0.39, 0.29) is 6.04 Å². The van der Waals surface area contributed by atoms with E-state index in [0.29, 0.717) is 17.4 Å². The van der Waals surface area contributed by atoms with Gasteiger partial charge in [0, 0.05) is 13.1 Å². The van der Waals surface area contributed by atoms with E-state index in [2.05, 4.69) is 29.4 Å². The van der Waals surface area contributed by atoms with Crippen LogP contribution in [0.25, 0.3) is 0 Å². The van der Waals surface area contributed by atoms with Crippen LogP contribution in [0.1, 0.15) is 37.7 Å². The average molecular weight is 309 g/mol. The van der Waals surface area contributed by atoms with Crippen molar-refractivity contribution in [1.82, 2.24) is 20.1 Å². The molecule has 1 heterocycles. The highest BCUT2D eigenvalue weighted by Gasteiger charge is 2.09. The number of rotatable bonds is 7. The van der Waals surface area contributed by atoms with Crippen molar-refractivity contribution in [2.75, 3.05) is 6.54 Å². The third-order valence-corrected chi connectivity index (χ3v) is 3.61. The monoisotopic (exact) mass is 308 g/mol. The summed E-state index contributed by atoms with van der Waals surface area (Å²) in [6, 6.07) is 6.15. The zero-order chi connectivity index (χ0) is 15.2. The molecule has 2 rings (SSSR count). The largest absolute Gasteiger partial charge is 0.484 e. The Bertz CT molecular complexity index is 585. The number of benzene rings is 1. The number of hydrogen-bond acceptors (Lipinski definition) is 4. The van der Waals surface area contributed by atoms with Gasteiger partial charge >= 0.3 is 0 Å². The van der Waals surface area contributed by atoms with Crippen molar-refractivity contribution in [3.63, 3.8) is 0 Å². The zero-order valence-electron chi connectivity index (χ0n) is 12.6. The summed E-state index contributed by atoms with van der Waals surface area (Å²) in [4.78, 5) is 0. The second-order valence-electron chi connectivity index (χ2n) is 5.01. The van der Waals surface area contributed by atoms with Gasteiger partial charge in [-0.2, -0.15) is 0 Å².